The summed E-state index contributed by atoms with van der Waals surface area (Å²) in [6, 6.07) is 0. The fourth-order valence-electron chi connectivity index (χ4n) is 4.16. The number of aliphatic hydroxyl groups excluding tert-OH is 1. The summed E-state index contributed by atoms with van der Waals surface area (Å²) in [4.78, 5) is 0. The average Bonchev–Trinajstić information content (AvgIpc) is 3.00. The van der Waals surface area contributed by atoms with Gasteiger partial charge in [-0.1, -0.05) is 64.2 Å². The van der Waals surface area contributed by atoms with E-state index in [1.54, 1.807) is 0 Å². The van der Waals surface area contributed by atoms with Crippen LogP contribution in [0.3, 0.4) is 0 Å². The van der Waals surface area contributed by atoms with Crippen LogP contribution in [0, 0.1) is 0 Å². The van der Waals surface area contributed by atoms with Gasteiger partial charge in [-0.05, 0) is 33.6 Å². The molecule has 0 aliphatic rings. The van der Waals surface area contributed by atoms with Gasteiger partial charge >= 0.3 is 0 Å². The van der Waals surface area contributed by atoms with Crippen molar-refractivity contribution in [1.29, 1.82) is 0 Å². The molecule has 10 nitrogen and oxygen atoms in total. The van der Waals surface area contributed by atoms with Gasteiger partial charge in [0.05, 0.1) is 111 Å². The summed E-state index contributed by atoms with van der Waals surface area (Å²) in [5.41, 5.74) is 0.00360. The Bertz CT molecular complexity index is 519. The summed E-state index contributed by atoms with van der Waals surface area (Å²) in [5.74, 6) is 0. The first-order chi connectivity index (χ1) is 21.6. The summed E-state index contributed by atoms with van der Waals surface area (Å²) < 4.78 is 49.3. The minimum absolute atomic E-state index is 0.00360. The number of hydrogen-bond donors (Lipinski definition) is 1. The van der Waals surface area contributed by atoms with E-state index in [1.807, 2.05) is 0 Å². The Morgan fingerprint density at radius 2 is 0.523 bits per heavy atom. The van der Waals surface area contributed by atoms with Gasteiger partial charge in [0.15, 0.2) is 0 Å². The first-order valence-corrected chi connectivity index (χ1v) is 17.4. The first kappa shape index (κ1) is 43.6. The largest absolute Gasteiger partial charge is 0.394 e. The molecule has 0 heterocycles. The van der Waals surface area contributed by atoms with E-state index in [0.29, 0.717) is 99.1 Å². The number of unbranched alkanes of at least 4 members (excludes halogenated alkanes) is 11. The number of ether oxygens (including phenoxy) is 9. The Kier molecular flexibility index (Phi) is 36.7. The summed E-state index contributed by atoms with van der Waals surface area (Å²) in [6.45, 7) is 16.1. The normalized spacial score (nSPS) is 12.0. The van der Waals surface area contributed by atoms with E-state index in [4.69, 9.17) is 47.7 Å². The molecule has 10 heteroatoms. The van der Waals surface area contributed by atoms with E-state index in [0.717, 1.165) is 19.6 Å². The van der Waals surface area contributed by atoms with Crippen molar-refractivity contribution >= 4 is 0 Å². The Balaban J connectivity index is 3.05. The van der Waals surface area contributed by atoms with Gasteiger partial charge in [0.2, 0.25) is 0 Å². The summed E-state index contributed by atoms with van der Waals surface area (Å²) in [7, 11) is 0. The highest BCUT2D eigenvalue weighted by Gasteiger charge is 2.08. The Morgan fingerprint density at radius 3 is 0.795 bits per heavy atom. The van der Waals surface area contributed by atoms with Gasteiger partial charge in [0, 0.05) is 13.2 Å². The van der Waals surface area contributed by atoms with Crippen molar-refractivity contribution in [3.05, 3.63) is 0 Å². The third kappa shape index (κ3) is 41.6. The van der Waals surface area contributed by atoms with Crippen LogP contribution in [0.15, 0.2) is 0 Å². The van der Waals surface area contributed by atoms with Crippen LogP contribution in [-0.4, -0.2) is 130 Å². The lowest BCUT2D eigenvalue weighted by molar-refractivity contribution is -0.0238. The van der Waals surface area contributed by atoms with Crippen LogP contribution in [0.4, 0.5) is 0 Å². The fraction of sp³-hybridized carbons (Fsp3) is 1.00. The zero-order valence-corrected chi connectivity index (χ0v) is 28.8. The Morgan fingerprint density at radius 1 is 0.295 bits per heavy atom. The minimum Gasteiger partial charge on any atom is -0.394 e. The smallest absolute Gasteiger partial charge is 0.0701 e. The fourth-order valence-corrected chi connectivity index (χ4v) is 4.16. The highest BCUT2D eigenvalue weighted by molar-refractivity contribution is 4.58. The van der Waals surface area contributed by atoms with Crippen LogP contribution >= 0.6 is 0 Å². The lowest BCUT2D eigenvalue weighted by atomic mass is 10.1. The van der Waals surface area contributed by atoms with Crippen LogP contribution in [0.25, 0.3) is 0 Å². The number of rotatable bonds is 38. The second kappa shape index (κ2) is 37.1. The molecule has 266 valence electrons. The minimum atomic E-state index is 0.00360. The molecule has 0 aromatic rings. The van der Waals surface area contributed by atoms with Gasteiger partial charge in [-0.3, -0.25) is 0 Å². The van der Waals surface area contributed by atoms with Gasteiger partial charge in [-0.15, -0.1) is 0 Å². The molecule has 0 saturated carbocycles. The SMILES string of the molecule is CC(C)(C)OCCCCCCCCCCCCCCOCCOCCOCCOCCOCCOCCOCCOCCO. The average molecular weight is 639 g/mol. The van der Waals surface area contributed by atoms with Crippen LogP contribution < -0.4 is 0 Å². The molecule has 0 rings (SSSR count). The predicted octanol–water partition coefficient (Wildman–Crippen LogP) is 5.61. The highest BCUT2D eigenvalue weighted by atomic mass is 16.6. The van der Waals surface area contributed by atoms with Gasteiger partial charge in [0.1, 0.15) is 0 Å². The molecule has 0 spiro atoms. The third-order valence-electron chi connectivity index (χ3n) is 6.56. The molecule has 1 N–H and O–H groups in total. The first-order valence-electron chi connectivity index (χ1n) is 17.4. The lowest BCUT2D eigenvalue weighted by Crippen LogP contribution is -2.19. The van der Waals surface area contributed by atoms with E-state index < -0.39 is 0 Å². The zero-order chi connectivity index (χ0) is 32.1. The monoisotopic (exact) mass is 638 g/mol. The van der Waals surface area contributed by atoms with Crippen LogP contribution in [0.5, 0.6) is 0 Å². The highest BCUT2D eigenvalue weighted by Crippen LogP contribution is 2.13. The van der Waals surface area contributed by atoms with E-state index >= 15 is 0 Å². The molecule has 0 amide bonds. The molecular formula is C34H70O10. The molecule has 0 atom stereocenters. The quantitative estimate of drug-likeness (QED) is 0.0859. The van der Waals surface area contributed by atoms with Crippen molar-refractivity contribution < 1.29 is 47.7 Å². The van der Waals surface area contributed by atoms with Crippen molar-refractivity contribution in [2.24, 2.45) is 0 Å². The molecule has 0 saturated heterocycles. The third-order valence-corrected chi connectivity index (χ3v) is 6.56. The predicted molar refractivity (Wildman–Crippen MR) is 175 cm³/mol. The van der Waals surface area contributed by atoms with E-state index in [2.05, 4.69) is 20.8 Å². The maximum Gasteiger partial charge on any atom is 0.0701 e. The van der Waals surface area contributed by atoms with Crippen molar-refractivity contribution in [3.8, 4) is 0 Å². The van der Waals surface area contributed by atoms with Gasteiger partial charge in [-0.2, -0.15) is 0 Å². The summed E-state index contributed by atoms with van der Waals surface area (Å²) in [6.07, 6.45) is 15.8. The number of hydrogen-bond acceptors (Lipinski definition) is 10. The molecule has 0 unspecified atom stereocenters. The van der Waals surface area contributed by atoms with Crippen LogP contribution in [-0.2, 0) is 42.6 Å². The Hall–Kier alpha value is -0.400. The number of aliphatic hydroxyl groups is 1. The maximum atomic E-state index is 8.58. The van der Waals surface area contributed by atoms with Crippen LogP contribution in [0.1, 0.15) is 97.8 Å². The molecule has 0 aliphatic carbocycles. The molecule has 0 aromatic carbocycles. The van der Waals surface area contributed by atoms with E-state index in [1.165, 1.54) is 70.6 Å². The molecule has 44 heavy (non-hydrogen) atoms. The zero-order valence-electron chi connectivity index (χ0n) is 28.8. The van der Waals surface area contributed by atoms with Crippen molar-refractivity contribution in [1.82, 2.24) is 0 Å². The molecule has 0 radical (unpaired) electrons. The molecule has 0 bridgehead atoms. The topological polar surface area (TPSA) is 103 Å². The lowest BCUT2D eigenvalue weighted by Gasteiger charge is -2.19. The molecule has 0 aliphatic heterocycles. The van der Waals surface area contributed by atoms with Gasteiger partial charge in [-0.25, -0.2) is 0 Å². The second-order valence-electron chi connectivity index (χ2n) is 11.8. The van der Waals surface area contributed by atoms with E-state index in [9.17, 15) is 0 Å². The van der Waals surface area contributed by atoms with E-state index in [-0.39, 0.29) is 12.2 Å². The summed E-state index contributed by atoms with van der Waals surface area (Å²) >= 11 is 0. The molecular weight excluding hydrogens is 568 g/mol. The Labute approximate surface area is 270 Å². The maximum absolute atomic E-state index is 8.58. The van der Waals surface area contributed by atoms with Crippen molar-refractivity contribution in [3.63, 3.8) is 0 Å². The molecule has 0 aromatic heterocycles. The summed E-state index contributed by atoms with van der Waals surface area (Å²) in [5, 5.41) is 8.58. The van der Waals surface area contributed by atoms with Crippen molar-refractivity contribution in [2.45, 2.75) is 103 Å². The van der Waals surface area contributed by atoms with Gasteiger partial charge in [0.25, 0.3) is 0 Å². The molecule has 0 fully saturated rings. The van der Waals surface area contributed by atoms with Crippen molar-refractivity contribution in [2.75, 3.05) is 119 Å². The van der Waals surface area contributed by atoms with Gasteiger partial charge < -0.3 is 47.7 Å². The standard InChI is InChI=1S/C34H70O10/c1-34(2,3)44-18-15-13-11-9-7-5-4-6-8-10-12-14-17-36-20-22-38-24-26-40-28-30-42-32-33-43-31-29-41-27-25-39-23-21-37-19-16-35/h35H,4-33H2,1-3H3. The van der Waals surface area contributed by atoms with Crippen LogP contribution in [0.2, 0.25) is 0 Å². The second-order valence-corrected chi connectivity index (χ2v) is 11.8.